The summed E-state index contributed by atoms with van der Waals surface area (Å²) in [5, 5.41) is 18.3. The molecule has 0 spiro atoms. The van der Waals surface area contributed by atoms with Crippen LogP contribution >= 0.6 is 34.9 Å². The molecule has 0 radical (unpaired) electrons. The second kappa shape index (κ2) is 11.5. The lowest BCUT2D eigenvalue weighted by molar-refractivity contribution is -0.689. The third kappa shape index (κ3) is 5.80. The molecule has 41 heavy (non-hydrogen) atoms. The molecule has 14 heteroatoms. The van der Waals surface area contributed by atoms with E-state index in [0.717, 1.165) is 22.7 Å². The monoisotopic (exact) mass is 609 g/mol. The third-order valence-electron chi connectivity index (χ3n) is 6.65. The number of oxime groups is 1. The van der Waals surface area contributed by atoms with Crippen molar-refractivity contribution in [2.75, 3.05) is 11.5 Å². The first kappa shape index (κ1) is 27.3. The van der Waals surface area contributed by atoms with Gasteiger partial charge in [-0.15, -0.1) is 34.9 Å². The average Bonchev–Trinajstić information content (AvgIpc) is 3.57. The van der Waals surface area contributed by atoms with Crippen LogP contribution in [0.3, 0.4) is 0 Å². The zero-order valence-corrected chi connectivity index (χ0v) is 23.9. The number of nitrogens with two attached hydrogens (primary N) is 1. The Labute approximate surface area is 247 Å². The number of anilines is 1. The Kier molecular flexibility index (Phi) is 7.69. The average molecular weight is 610 g/mol. The van der Waals surface area contributed by atoms with Crippen LogP contribution in [-0.4, -0.2) is 67.0 Å². The van der Waals surface area contributed by atoms with Crippen molar-refractivity contribution in [1.29, 1.82) is 0 Å². The van der Waals surface area contributed by atoms with E-state index in [9.17, 15) is 19.5 Å². The smallest absolute Gasteiger partial charge is 0.352 e. The minimum Gasteiger partial charge on any atom is -0.477 e. The zero-order chi connectivity index (χ0) is 28.5. The number of carboxylic acid groups (broad SMARTS) is 1. The Morgan fingerprint density at radius 2 is 1.98 bits per heavy atom. The quantitative estimate of drug-likeness (QED) is 0.136. The van der Waals surface area contributed by atoms with Gasteiger partial charge in [0.05, 0.1) is 5.25 Å². The number of thioether (sulfide) groups is 2. The highest BCUT2D eigenvalue weighted by Crippen LogP contribution is 2.42. The number of aromatic nitrogens is 2. The molecule has 1 saturated carbocycles. The molecule has 2 aliphatic heterocycles. The Morgan fingerprint density at radius 1 is 1.22 bits per heavy atom. The van der Waals surface area contributed by atoms with Crippen molar-refractivity contribution in [2.45, 2.75) is 40.6 Å². The van der Waals surface area contributed by atoms with Gasteiger partial charge >= 0.3 is 5.97 Å². The number of amides is 2. The lowest BCUT2D eigenvalue weighted by atomic mass is 10.0. The number of nitrogens with zero attached hydrogens (tertiary/aromatic N) is 4. The molecule has 2 aromatic heterocycles. The number of benzene rings is 1. The molecular weight excluding hydrogens is 585 g/mol. The zero-order valence-electron chi connectivity index (χ0n) is 21.5. The highest BCUT2D eigenvalue weighted by atomic mass is 32.2. The van der Waals surface area contributed by atoms with Crippen LogP contribution in [0.1, 0.15) is 12.1 Å². The maximum absolute atomic E-state index is 13.4. The van der Waals surface area contributed by atoms with Gasteiger partial charge in [0, 0.05) is 40.2 Å². The van der Waals surface area contributed by atoms with Gasteiger partial charge in [-0.2, -0.15) is 0 Å². The summed E-state index contributed by atoms with van der Waals surface area (Å²) < 4.78 is 1.85. The summed E-state index contributed by atoms with van der Waals surface area (Å²) >= 11 is 4.24. The molecule has 4 atom stereocenters. The molecule has 3 aliphatic rings. The molecule has 1 aromatic carbocycles. The van der Waals surface area contributed by atoms with Gasteiger partial charge in [0.1, 0.15) is 28.9 Å². The highest BCUT2D eigenvalue weighted by molar-refractivity contribution is 8.00. The van der Waals surface area contributed by atoms with E-state index in [1.807, 2.05) is 65.5 Å². The molecule has 2 fully saturated rings. The van der Waals surface area contributed by atoms with E-state index in [1.54, 1.807) is 17.1 Å². The maximum atomic E-state index is 13.4. The summed E-state index contributed by atoms with van der Waals surface area (Å²) in [6.45, 7) is 0.340. The van der Waals surface area contributed by atoms with E-state index in [2.05, 4.69) is 15.5 Å². The number of nitrogen functional groups attached to an aromatic ring is 1. The normalized spacial score (nSPS) is 23.5. The number of hydrogen-bond acceptors (Lipinski definition) is 10. The fourth-order valence-electron chi connectivity index (χ4n) is 4.56. The van der Waals surface area contributed by atoms with Gasteiger partial charge in [-0.3, -0.25) is 14.5 Å². The van der Waals surface area contributed by atoms with Gasteiger partial charge in [0.2, 0.25) is 0 Å². The van der Waals surface area contributed by atoms with Gasteiger partial charge in [-0.05, 0) is 12.1 Å². The van der Waals surface area contributed by atoms with Crippen LogP contribution in [0.15, 0.2) is 87.6 Å². The standard InChI is InChI=1S/C27H24N6O5S3/c28-27-29-17(14-40-27)20(31-38-18-11-19(18)41-16-7-3-1-4-8-16)23(34)30-21-24(35)33-22(26(36)37)15(13-39-25(21)33)12-32-9-5-2-6-10-32/h1-10,14,18-19,21,25H,11-13H2,(H3-,28,29,30,34,36,37)/p+1/t18?,19?,21-,25+/m1/s1. The fraction of sp³-hybridized carbons (Fsp3) is 0.259. The predicted molar refractivity (Wildman–Crippen MR) is 155 cm³/mol. The Bertz CT molecular complexity index is 1550. The lowest BCUT2D eigenvalue weighted by Gasteiger charge is -2.49. The highest BCUT2D eigenvalue weighted by Gasteiger charge is 2.55. The van der Waals surface area contributed by atoms with Gasteiger partial charge in [-0.25, -0.2) is 14.3 Å². The Balaban J connectivity index is 1.15. The van der Waals surface area contributed by atoms with Crippen LogP contribution in [0.4, 0.5) is 5.13 Å². The lowest BCUT2D eigenvalue weighted by Crippen LogP contribution is -2.71. The van der Waals surface area contributed by atoms with E-state index in [0.29, 0.717) is 17.9 Å². The number of nitrogens with one attached hydrogen (secondary N) is 1. The van der Waals surface area contributed by atoms with Crippen molar-refractivity contribution in [1.82, 2.24) is 15.2 Å². The first-order valence-electron chi connectivity index (χ1n) is 12.7. The molecule has 1 saturated heterocycles. The van der Waals surface area contributed by atoms with E-state index in [-0.39, 0.29) is 33.6 Å². The van der Waals surface area contributed by atoms with Crippen molar-refractivity contribution >= 4 is 63.5 Å². The summed E-state index contributed by atoms with van der Waals surface area (Å²) in [6.07, 6.45) is 4.28. The number of rotatable bonds is 10. The van der Waals surface area contributed by atoms with Gasteiger partial charge in [-0.1, -0.05) is 29.4 Å². The first-order valence-corrected chi connectivity index (χ1v) is 15.5. The van der Waals surface area contributed by atoms with E-state index >= 15 is 0 Å². The Hall–Kier alpha value is -3.88. The predicted octanol–water partition coefficient (Wildman–Crippen LogP) is 2.11. The van der Waals surface area contributed by atoms with Gasteiger partial charge in [0.25, 0.3) is 11.8 Å². The van der Waals surface area contributed by atoms with Crippen molar-refractivity contribution in [2.24, 2.45) is 5.16 Å². The van der Waals surface area contributed by atoms with Crippen LogP contribution in [0, 0.1) is 0 Å². The topological polar surface area (TPSA) is 151 Å². The van der Waals surface area contributed by atoms with Crippen molar-refractivity contribution in [3.63, 3.8) is 0 Å². The van der Waals surface area contributed by atoms with Crippen LogP contribution in [-0.2, 0) is 25.8 Å². The largest absolute Gasteiger partial charge is 0.477 e. The fourth-order valence-corrected chi connectivity index (χ4v) is 7.59. The second-order valence-electron chi connectivity index (χ2n) is 9.53. The number of carboxylic acids is 1. The van der Waals surface area contributed by atoms with Gasteiger partial charge in [0.15, 0.2) is 29.8 Å². The number of thiazole rings is 1. The molecule has 6 rings (SSSR count). The van der Waals surface area contributed by atoms with Crippen LogP contribution in [0.2, 0.25) is 0 Å². The van der Waals surface area contributed by atoms with E-state index < -0.39 is 29.2 Å². The number of aliphatic carboxylic acids is 1. The van der Waals surface area contributed by atoms with Crippen molar-refractivity contribution in [3.8, 4) is 0 Å². The SMILES string of the molecule is Nc1nc(C(=NOC2CC2Sc2ccccc2)C(=O)N[C@@H]2C(=O)N3C(C(=O)O)=C(C[n+]4ccccc4)CS[C@@H]23)cs1. The number of carbonyl (C=O) groups excluding carboxylic acids is 2. The molecule has 210 valence electrons. The van der Waals surface area contributed by atoms with E-state index in [1.165, 1.54) is 16.7 Å². The molecule has 3 aromatic rings. The van der Waals surface area contributed by atoms with Crippen LogP contribution in [0.5, 0.6) is 0 Å². The van der Waals surface area contributed by atoms with Crippen molar-refractivity contribution < 1.29 is 28.9 Å². The number of β-lactam (4-membered cyclic amide) rings is 1. The van der Waals surface area contributed by atoms with Crippen molar-refractivity contribution in [3.05, 3.63) is 83.3 Å². The first-order chi connectivity index (χ1) is 19.9. The minimum absolute atomic E-state index is 0.0409. The number of hydrogen-bond donors (Lipinski definition) is 3. The summed E-state index contributed by atoms with van der Waals surface area (Å²) in [6, 6.07) is 14.6. The third-order valence-corrected chi connectivity index (χ3v) is 10.0. The molecule has 4 heterocycles. The molecule has 2 amide bonds. The second-order valence-corrected chi connectivity index (χ2v) is 12.8. The Morgan fingerprint density at radius 3 is 2.68 bits per heavy atom. The van der Waals surface area contributed by atoms with Crippen LogP contribution < -0.4 is 15.6 Å². The molecule has 2 unspecified atom stereocenters. The van der Waals surface area contributed by atoms with E-state index in [4.69, 9.17) is 10.6 Å². The molecule has 1 aliphatic carbocycles. The maximum Gasteiger partial charge on any atom is 0.352 e. The molecule has 0 bridgehead atoms. The number of pyridine rings is 1. The number of fused-ring (bicyclic) bond motifs is 1. The molecular formula is C27H25N6O5S3+. The summed E-state index contributed by atoms with van der Waals surface area (Å²) in [7, 11) is 0. The van der Waals surface area contributed by atoms with Gasteiger partial charge < -0.3 is 21.0 Å². The minimum atomic E-state index is -1.18. The molecule has 4 N–H and O–H groups in total. The van der Waals surface area contributed by atoms with Crippen LogP contribution in [0.25, 0.3) is 0 Å². The summed E-state index contributed by atoms with van der Waals surface area (Å²) in [5.41, 5.74) is 6.54. The number of carbonyl (C=O) groups is 3. The summed E-state index contributed by atoms with van der Waals surface area (Å²) in [5.74, 6) is -1.92. The molecule has 11 nitrogen and oxygen atoms in total. The summed E-state index contributed by atoms with van der Waals surface area (Å²) in [4.78, 5) is 51.0.